The molecule has 0 amide bonds. The van der Waals surface area contributed by atoms with Crippen LogP contribution in [0, 0.1) is 155 Å². The largest absolute Gasteiger partial charge is 0.390 e. The van der Waals surface area contributed by atoms with Crippen LogP contribution < -0.4 is 0 Å². The highest BCUT2D eigenvalue weighted by atomic mass is 32.2. The van der Waals surface area contributed by atoms with Gasteiger partial charge in [0.05, 0.1) is 70.0 Å². The molecular weight excluding hydrogens is 1390 g/mol. The number of fused-ring (bicyclic) bond motifs is 15. The average molecular weight is 1540 g/mol. The number of benzene rings is 3. The normalized spacial score (nSPS) is 40.4. The summed E-state index contributed by atoms with van der Waals surface area (Å²) >= 11 is 0.250. The maximum atomic E-state index is 11.0. The van der Waals surface area contributed by atoms with E-state index in [-0.39, 0.29) is 12.1 Å². The number of halogens is 1. The molecule has 11 heteroatoms. The van der Waals surface area contributed by atoms with Crippen LogP contribution >= 0.6 is 12.1 Å². The summed E-state index contributed by atoms with van der Waals surface area (Å²) in [7, 11) is 0. The molecule has 608 valence electrons. The van der Waals surface area contributed by atoms with Crippen LogP contribution in [-0.4, -0.2) is 53.7 Å². The molecule has 0 aliphatic heterocycles. The van der Waals surface area contributed by atoms with Crippen molar-refractivity contribution >= 4 is 12.1 Å². The zero-order chi connectivity index (χ0) is 79.9. The van der Waals surface area contributed by atoms with E-state index >= 15 is 0 Å². The molecular formula is C100H144FN3O6S. The average Bonchev–Trinajstić information content (AvgIpc) is 1.69. The van der Waals surface area contributed by atoms with Gasteiger partial charge in [0.15, 0.2) is 0 Å². The Hall–Kier alpha value is -4.61. The summed E-state index contributed by atoms with van der Waals surface area (Å²) in [5, 5.41) is 92.6. The number of rotatable bonds is 18. The first-order valence-electron chi connectivity index (χ1n) is 44.8. The quantitative estimate of drug-likeness (QED) is 0.0668. The van der Waals surface area contributed by atoms with Crippen LogP contribution in [0.1, 0.15) is 347 Å². The summed E-state index contributed by atoms with van der Waals surface area (Å²) in [5.41, 5.74) is 10.1. The van der Waals surface area contributed by atoms with Crippen LogP contribution in [0.5, 0.6) is 0 Å². The molecule has 0 radical (unpaired) electrons. The van der Waals surface area contributed by atoms with Gasteiger partial charge in [0, 0.05) is 18.4 Å². The Bertz CT molecular complexity index is 3500. The topological polar surface area (TPSA) is 193 Å². The van der Waals surface area contributed by atoms with Crippen molar-refractivity contribution in [3.63, 3.8) is 0 Å². The van der Waals surface area contributed by atoms with E-state index in [4.69, 9.17) is 15.8 Å². The van der Waals surface area contributed by atoms with Crippen molar-refractivity contribution in [3.05, 3.63) is 141 Å². The van der Waals surface area contributed by atoms with Crippen LogP contribution in [0.4, 0.5) is 3.89 Å². The molecule has 12 aliphatic rings. The van der Waals surface area contributed by atoms with E-state index in [2.05, 4.69) is 120 Å². The fourth-order valence-corrected chi connectivity index (χ4v) is 28.7. The molecule has 9 fully saturated rings. The van der Waals surface area contributed by atoms with Crippen LogP contribution in [0.15, 0.2) is 108 Å². The van der Waals surface area contributed by atoms with Crippen LogP contribution in [0.3, 0.4) is 0 Å². The zero-order valence-electron chi connectivity index (χ0n) is 70.7. The first kappa shape index (κ1) is 85.8. The molecule has 0 saturated heterocycles. The number of nitrogens with zero attached hydrogens (tertiary/aromatic N) is 3. The lowest BCUT2D eigenvalue weighted by Gasteiger charge is -2.59. The fraction of sp³-hybridized carbons (Fsp3) is 0.730. The van der Waals surface area contributed by atoms with E-state index < -0.39 is 35.1 Å². The van der Waals surface area contributed by atoms with Gasteiger partial charge in [0.2, 0.25) is 0 Å². The van der Waals surface area contributed by atoms with Gasteiger partial charge in [-0.2, -0.15) is 19.7 Å². The smallest absolute Gasteiger partial charge is 0.0991 e. The van der Waals surface area contributed by atoms with Crippen molar-refractivity contribution < 1.29 is 34.5 Å². The molecule has 3 aromatic rings. The van der Waals surface area contributed by atoms with Gasteiger partial charge in [-0.3, -0.25) is 0 Å². The van der Waals surface area contributed by atoms with Gasteiger partial charge in [0.25, 0.3) is 0 Å². The lowest BCUT2D eigenvalue weighted by Crippen LogP contribution is -2.52. The first-order chi connectivity index (χ1) is 52.8. The van der Waals surface area contributed by atoms with E-state index in [9.17, 15) is 34.5 Å². The summed E-state index contributed by atoms with van der Waals surface area (Å²) in [6.45, 7) is 29.2. The maximum Gasteiger partial charge on any atom is 0.0991 e. The lowest BCUT2D eigenvalue weighted by atomic mass is 9.46. The molecule has 6 N–H and O–H groups in total. The third-order valence-electron chi connectivity index (χ3n) is 36.0. The monoisotopic (exact) mass is 1530 g/mol. The Labute approximate surface area is 675 Å². The number of hydrogen-bond donors (Lipinski definition) is 6. The van der Waals surface area contributed by atoms with Crippen molar-refractivity contribution in [1.29, 1.82) is 15.8 Å². The SMILES string of the molecule is CC[C@]1(O)CC[C@@]2(C)C(=CC[C@H]3[C@@H]4CC[C@H]([C@H](C)CCC(O)c5ccc(C#N)cc5)[C@@]4(C)CC[C@@H]32)C1.CC[C@]1(O)CC[C@@]2(C)C(=CC[C@H]3[C@@H]4CC[C@H]([C@H](C)CC[C@@H](O)c5ccc(C#N)cc5)[C@@]4(C)CC[C@@H]32)C1.CC[C@]1(O)CC[C@@]2(C)C(=CC[C@H]3[C@@H]4CC[C@H]([C@H](C)CC[C@H](O)c5ccc(C#N)cc5)[C@@]4(C)CC[C@@H]32)C1.CSF. The highest BCUT2D eigenvalue weighted by Gasteiger charge is 2.64. The summed E-state index contributed by atoms with van der Waals surface area (Å²) in [5.74, 6) is 11.3. The molecule has 0 aromatic heterocycles. The number of nitriles is 3. The predicted molar refractivity (Wildman–Crippen MR) is 449 cm³/mol. The second-order valence-electron chi connectivity index (χ2n) is 40.8. The summed E-state index contributed by atoms with van der Waals surface area (Å²) in [6, 6.07) is 28.7. The van der Waals surface area contributed by atoms with Crippen LogP contribution in [0.25, 0.3) is 0 Å². The van der Waals surface area contributed by atoms with Crippen molar-refractivity contribution in [2.24, 2.45) is 121 Å². The summed E-state index contributed by atoms with van der Waals surface area (Å²) in [6.07, 6.45) is 44.7. The summed E-state index contributed by atoms with van der Waals surface area (Å²) < 4.78 is 10.2. The van der Waals surface area contributed by atoms with Gasteiger partial charge in [-0.1, -0.05) is 154 Å². The Morgan fingerprint density at radius 3 is 0.847 bits per heavy atom. The van der Waals surface area contributed by atoms with E-state index in [0.717, 1.165) is 203 Å². The highest BCUT2D eigenvalue weighted by Crippen LogP contribution is 2.72. The Morgan fingerprint density at radius 2 is 0.622 bits per heavy atom. The van der Waals surface area contributed by atoms with Crippen molar-refractivity contribution in [2.45, 2.75) is 330 Å². The molecule has 27 atom stereocenters. The highest BCUT2D eigenvalue weighted by molar-refractivity contribution is 7.93. The second-order valence-corrected chi connectivity index (χ2v) is 41.1. The third-order valence-corrected chi connectivity index (χ3v) is 36.0. The molecule has 0 heterocycles. The Morgan fingerprint density at radius 1 is 0.378 bits per heavy atom. The fourth-order valence-electron chi connectivity index (χ4n) is 28.7. The third kappa shape index (κ3) is 16.7. The molecule has 0 bridgehead atoms. The van der Waals surface area contributed by atoms with E-state index in [0.29, 0.717) is 66.9 Å². The molecule has 9 nitrogen and oxygen atoms in total. The Balaban J connectivity index is 0.000000152. The zero-order valence-corrected chi connectivity index (χ0v) is 71.5. The molecule has 9 saturated carbocycles. The molecule has 12 aliphatic carbocycles. The van der Waals surface area contributed by atoms with E-state index in [1.54, 1.807) is 16.7 Å². The summed E-state index contributed by atoms with van der Waals surface area (Å²) in [4.78, 5) is 0. The number of aliphatic hydroxyl groups is 6. The van der Waals surface area contributed by atoms with E-state index in [1.807, 2.05) is 72.8 Å². The van der Waals surface area contributed by atoms with Gasteiger partial charge in [-0.15, -0.1) is 0 Å². The molecule has 15 rings (SSSR count). The first-order valence-corrected chi connectivity index (χ1v) is 45.9. The van der Waals surface area contributed by atoms with Gasteiger partial charge in [-0.05, 0) is 386 Å². The standard InChI is InChI=1S/3C33H47NO2.CH3FS/c3*1-5-33(36)19-18-31(3)25(20-33)11-12-26-28-14-13-27(32(28,4)17-16-29(26)31)22(2)6-15-30(35)24-9-7-23(21-34)8-10-24;1-3-2/h3*7-11,22,26-30,35-36H,5-6,12-20H2,1-4H3;1H3/t22-,26+,27-,28+,29+,30?,31+,32-,33+;22-,26+,27-,28+,29+,30+,31+,32-,33+;22-,26+,27-,28+,29+,30-,31+,32-,33+;/m111./s1. The minimum Gasteiger partial charge on any atom is -0.390 e. The minimum atomic E-state index is -0.475. The van der Waals surface area contributed by atoms with Crippen LogP contribution in [-0.2, 0) is 0 Å². The van der Waals surface area contributed by atoms with Gasteiger partial charge >= 0.3 is 0 Å². The number of aliphatic hydroxyl groups excluding tert-OH is 3. The predicted octanol–water partition coefficient (Wildman–Crippen LogP) is 24.4. The molecule has 111 heavy (non-hydrogen) atoms. The lowest BCUT2D eigenvalue weighted by molar-refractivity contribution is -0.0757. The maximum absolute atomic E-state index is 11.0. The van der Waals surface area contributed by atoms with Gasteiger partial charge < -0.3 is 30.6 Å². The van der Waals surface area contributed by atoms with E-state index in [1.165, 1.54) is 103 Å². The molecule has 3 aromatic carbocycles. The molecule has 1 unspecified atom stereocenters. The van der Waals surface area contributed by atoms with Crippen LogP contribution in [0.2, 0.25) is 0 Å². The number of hydrogen-bond acceptors (Lipinski definition) is 10. The van der Waals surface area contributed by atoms with Gasteiger partial charge in [-0.25, -0.2) is 0 Å². The Kier molecular flexibility index (Phi) is 26.7. The minimum absolute atomic E-state index is 0.250. The number of allylic oxidation sites excluding steroid dienone is 3. The van der Waals surface area contributed by atoms with Crippen molar-refractivity contribution in [1.82, 2.24) is 0 Å². The molecule has 0 spiro atoms. The van der Waals surface area contributed by atoms with Crippen molar-refractivity contribution in [3.8, 4) is 18.2 Å². The second kappa shape index (κ2) is 34.5. The van der Waals surface area contributed by atoms with Gasteiger partial charge in [0.1, 0.15) is 0 Å². The van der Waals surface area contributed by atoms with Crippen molar-refractivity contribution in [2.75, 3.05) is 6.26 Å².